The van der Waals surface area contributed by atoms with Gasteiger partial charge in [0.1, 0.15) is 0 Å². The number of ether oxygens (including phenoxy) is 1. The SMILES string of the molecule is Cc1cc(Cl)ccc1NC(=O)COC(=O)c1ccc2nccnc2c1. The number of esters is 1. The molecule has 0 radical (unpaired) electrons. The smallest absolute Gasteiger partial charge is 0.338 e. The summed E-state index contributed by atoms with van der Waals surface area (Å²) < 4.78 is 5.05. The molecule has 0 fully saturated rings. The second-order valence-corrected chi connectivity index (χ2v) is 5.78. The van der Waals surface area contributed by atoms with Gasteiger partial charge in [-0.05, 0) is 48.9 Å². The molecule has 0 atom stereocenters. The van der Waals surface area contributed by atoms with Gasteiger partial charge in [-0.1, -0.05) is 11.6 Å². The van der Waals surface area contributed by atoms with Crippen LogP contribution >= 0.6 is 11.6 Å². The van der Waals surface area contributed by atoms with Gasteiger partial charge in [0.05, 0.1) is 16.6 Å². The highest BCUT2D eigenvalue weighted by Gasteiger charge is 2.12. The Labute approximate surface area is 148 Å². The van der Waals surface area contributed by atoms with E-state index in [1.54, 1.807) is 48.8 Å². The van der Waals surface area contributed by atoms with E-state index < -0.39 is 11.9 Å². The summed E-state index contributed by atoms with van der Waals surface area (Å²) in [5.41, 5.74) is 3.00. The molecule has 6 nitrogen and oxygen atoms in total. The lowest BCUT2D eigenvalue weighted by molar-refractivity contribution is -0.119. The topological polar surface area (TPSA) is 81.2 Å². The lowest BCUT2D eigenvalue weighted by Crippen LogP contribution is -2.21. The zero-order valence-corrected chi connectivity index (χ0v) is 14.1. The van der Waals surface area contributed by atoms with Crippen LogP contribution in [-0.4, -0.2) is 28.5 Å². The van der Waals surface area contributed by atoms with Crippen molar-refractivity contribution in [3.05, 3.63) is 64.9 Å². The maximum atomic E-state index is 12.1. The van der Waals surface area contributed by atoms with Gasteiger partial charge in [-0.15, -0.1) is 0 Å². The number of hydrogen-bond donors (Lipinski definition) is 1. The number of hydrogen-bond acceptors (Lipinski definition) is 5. The number of aromatic nitrogens is 2. The number of anilines is 1. The van der Waals surface area contributed by atoms with Crippen LogP contribution in [0.25, 0.3) is 11.0 Å². The Morgan fingerprint density at radius 3 is 2.60 bits per heavy atom. The second kappa shape index (κ2) is 7.27. The number of amides is 1. The first-order valence-corrected chi connectivity index (χ1v) is 7.84. The molecule has 7 heteroatoms. The first-order valence-electron chi connectivity index (χ1n) is 7.47. The van der Waals surface area contributed by atoms with Crippen molar-refractivity contribution >= 4 is 40.2 Å². The van der Waals surface area contributed by atoms with Crippen LogP contribution in [0.4, 0.5) is 5.69 Å². The number of aryl methyl sites for hydroxylation is 1. The average molecular weight is 356 g/mol. The van der Waals surface area contributed by atoms with Crippen LogP contribution in [-0.2, 0) is 9.53 Å². The number of nitrogens with zero attached hydrogens (tertiary/aromatic N) is 2. The van der Waals surface area contributed by atoms with Crippen LogP contribution in [0.2, 0.25) is 5.02 Å². The average Bonchev–Trinajstić information content (AvgIpc) is 2.61. The van der Waals surface area contributed by atoms with E-state index in [0.717, 1.165) is 5.56 Å². The largest absolute Gasteiger partial charge is 0.452 e. The van der Waals surface area contributed by atoms with Crippen molar-refractivity contribution in [1.29, 1.82) is 0 Å². The lowest BCUT2D eigenvalue weighted by atomic mass is 10.2. The quantitative estimate of drug-likeness (QED) is 0.725. The minimum absolute atomic E-state index is 0.309. The van der Waals surface area contributed by atoms with Gasteiger partial charge in [-0.25, -0.2) is 4.79 Å². The first kappa shape index (κ1) is 16.9. The number of carbonyl (C=O) groups excluding carboxylic acids is 2. The molecule has 1 amide bonds. The predicted octanol–water partition coefficient (Wildman–Crippen LogP) is 3.39. The molecule has 126 valence electrons. The first-order chi connectivity index (χ1) is 12.0. The fraction of sp³-hybridized carbons (Fsp3) is 0.111. The summed E-state index contributed by atoms with van der Waals surface area (Å²) in [5.74, 6) is -1.03. The van der Waals surface area contributed by atoms with E-state index in [9.17, 15) is 9.59 Å². The Bertz CT molecular complexity index is 959. The van der Waals surface area contributed by atoms with E-state index in [1.165, 1.54) is 0 Å². The van der Waals surface area contributed by atoms with Crippen LogP contribution in [0.3, 0.4) is 0 Å². The highest BCUT2D eigenvalue weighted by Crippen LogP contribution is 2.19. The predicted molar refractivity (Wildman–Crippen MR) is 94.6 cm³/mol. The van der Waals surface area contributed by atoms with Crippen molar-refractivity contribution in [2.75, 3.05) is 11.9 Å². The standard InChI is InChI=1S/C18H14ClN3O3/c1-11-8-13(19)3-5-14(11)22-17(23)10-25-18(24)12-2-4-15-16(9-12)21-7-6-20-15/h2-9H,10H2,1H3,(H,22,23). The van der Waals surface area contributed by atoms with Crippen molar-refractivity contribution < 1.29 is 14.3 Å². The summed E-state index contributed by atoms with van der Waals surface area (Å²) in [6, 6.07) is 9.94. The summed E-state index contributed by atoms with van der Waals surface area (Å²) >= 11 is 5.87. The third-order valence-electron chi connectivity index (χ3n) is 3.50. The molecular formula is C18H14ClN3O3. The molecule has 1 aromatic heterocycles. The van der Waals surface area contributed by atoms with Crippen molar-refractivity contribution in [2.24, 2.45) is 0 Å². The maximum Gasteiger partial charge on any atom is 0.338 e. The van der Waals surface area contributed by atoms with Gasteiger partial charge in [-0.3, -0.25) is 14.8 Å². The van der Waals surface area contributed by atoms with Gasteiger partial charge >= 0.3 is 5.97 Å². The van der Waals surface area contributed by atoms with E-state index in [0.29, 0.717) is 27.3 Å². The molecule has 0 aliphatic rings. The number of halogens is 1. The van der Waals surface area contributed by atoms with Crippen molar-refractivity contribution in [1.82, 2.24) is 9.97 Å². The molecule has 3 aromatic rings. The summed E-state index contributed by atoms with van der Waals surface area (Å²) in [6.45, 7) is 1.43. The minimum Gasteiger partial charge on any atom is -0.452 e. The van der Waals surface area contributed by atoms with Gasteiger partial charge in [0.15, 0.2) is 6.61 Å². The minimum atomic E-state index is -0.601. The van der Waals surface area contributed by atoms with E-state index in [4.69, 9.17) is 16.3 Å². The number of benzene rings is 2. The molecule has 0 aliphatic heterocycles. The molecular weight excluding hydrogens is 342 g/mol. The lowest BCUT2D eigenvalue weighted by Gasteiger charge is -2.09. The van der Waals surface area contributed by atoms with Gasteiger partial charge in [0.25, 0.3) is 5.91 Å². The fourth-order valence-electron chi connectivity index (χ4n) is 2.26. The second-order valence-electron chi connectivity index (χ2n) is 5.34. The van der Waals surface area contributed by atoms with Crippen LogP contribution in [0.5, 0.6) is 0 Å². The monoisotopic (exact) mass is 355 g/mol. The molecule has 0 unspecified atom stereocenters. The number of rotatable bonds is 4. The zero-order chi connectivity index (χ0) is 17.8. The number of fused-ring (bicyclic) bond motifs is 1. The van der Waals surface area contributed by atoms with Crippen LogP contribution in [0, 0.1) is 6.92 Å². The normalized spacial score (nSPS) is 10.5. The van der Waals surface area contributed by atoms with Crippen molar-refractivity contribution in [3.63, 3.8) is 0 Å². The molecule has 0 aliphatic carbocycles. The molecule has 3 rings (SSSR count). The summed E-state index contributed by atoms with van der Waals surface area (Å²) in [5, 5.41) is 3.26. The van der Waals surface area contributed by atoms with Crippen LogP contribution < -0.4 is 5.32 Å². The Balaban J connectivity index is 1.61. The summed E-state index contributed by atoms with van der Waals surface area (Å²) in [6.07, 6.45) is 3.11. The van der Waals surface area contributed by atoms with Crippen LogP contribution in [0.1, 0.15) is 15.9 Å². The highest BCUT2D eigenvalue weighted by molar-refractivity contribution is 6.30. The van der Waals surface area contributed by atoms with E-state index in [2.05, 4.69) is 15.3 Å². The van der Waals surface area contributed by atoms with Gasteiger partial charge in [0, 0.05) is 23.1 Å². The van der Waals surface area contributed by atoms with E-state index >= 15 is 0 Å². The fourth-order valence-corrected chi connectivity index (χ4v) is 2.48. The Kier molecular flexibility index (Phi) is 4.90. The molecule has 1 N–H and O–H groups in total. The molecule has 0 spiro atoms. The number of nitrogens with one attached hydrogen (secondary N) is 1. The van der Waals surface area contributed by atoms with E-state index in [-0.39, 0.29) is 6.61 Å². The Morgan fingerprint density at radius 1 is 1.08 bits per heavy atom. The van der Waals surface area contributed by atoms with Crippen LogP contribution in [0.15, 0.2) is 48.8 Å². The molecule has 2 aromatic carbocycles. The van der Waals surface area contributed by atoms with Crippen molar-refractivity contribution in [3.8, 4) is 0 Å². The molecule has 0 bridgehead atoms. The zero-order valence-electron chi connectivity index (χ0n) is 13.3. The number of carbonyl (C=O) groups is 2. The summed E-state index contributed by atoms with van der Waals surface area (Å²) in [4.78, 5) is 32.3. The van der Waals surface area contributed by atoms with Crippen molar-refractivity contribution in [2.45, 2.75) is 6.92 Å². The van der Waals surface area contributed by atoms with Gasteiger partial charge < -0.3 is 10.1 Å². The Morgan fingerprint density at radius 2 is 1.84 bits per heavy atom. The van der Waals surface area contributed by atoms with Gasteiger partial charge in [0.2, 0.25) is 0 Å². The highest BCUT2D eigenvalue weighted by atomic mass is 35.5. The van der Waals surface area contributed by atoms with E-state index in [1.807, 2.05) is 6.92 Å². The molecule has 0 saturated heterocycles. The third kappa shape index (κ3) is 4.10. The summed E-state index contributed by atoms with van der Waals surface area (Å²) in [7, 11) is 0. The molecule has 0 saturated carbocycles. The maximum absolute atomic E-state index is 12.1. The van der Waals surface area contributed by atoms with Gasteiger partial charge in [-0.2, -0.15) is 0 Å². The third-order valence-corrected chi connectivity index (χ3v) is 3.74. The molecule has 25 heavy (non-hydrogen) atoms. The molecule has 1 heterocycles. The Hall–Kier alpha value is -2.99.